The van der Waals surface area contributed by atoms with E-state index >= 15 is 0 Å². The molecule has 0 saturated carbocycles. The van der Waals surface area contributed by atoms with E-state index in [1.807, 2.05) is 0 Å². The van der Waals surface area contributed by atoms with E-state index in [0.717, 1.165) is 0 Å². The Morgan fingerprint density at radius 1 is 0.543 bits per heavy atom. The zero-order valence-corrected chi connectivity index (χ0v) is 22.4. The molecule has 5 N–H and O–H groups in total. The summed E-state index contributed by atoms with van der Waals surface area (Å²) >= 11 is 0. The van der Waals surface area contributed by atoms with Crippen LogP contribution >= 0.6 is 0 Å². The molecule has 2 rings (SSSR count). The van der Waals surface area contributed by atoms with Crippen LogP contribution in [0.5, 0.6) is 5.75 Å². The van der Waals surface area contributed by atoms with Crippen LogP contribution in [0.2, 0.25) is 0 Å². The van der Waals surface area contributed by atoms with Crippen molar-refractivity contribution in [3.8, 4) is 5.75 Å². The van der Waals surface area contributed by atoms with Gasteiger partial charge in [-0.25, -0.2) is 4.79 Å². The second-order valence-electron chi connectivity index (χ2n) is 11.9. The van der Waals surface area contributed by atoms with E-state index in [9.17, 15) is 30.3 Å². The van der Waals surface area contributed by atoms with Crippen LogP contribution in [0.1, 0.15) is 107 Å². The van der Waals surface area contributed by atoms with Crippen LogP contribution in [0.25, 0.3) is 0 Å². The largest absolute Gasteiger partial charge is 0.422 e. The van der Waals surface area contributed by atoms with Crippen molar-refractivity contribution in [2.45, 2.75) is 97.2 Å². The minimum absolute atomic E-state index is 0.0264. The Morgan fingerprint density at radius 3 is 1.14 bits per heavy atom. The molecule has 2 aromatic carbocycles. The first kappa shape index (κ1) is 28.9. The highest BCUT2D eigenvalue weighted by Gasteiger charge is 2.34. The van der Waals surface area contributed by atoms with Gasteiger partial charge in [-0.3, -0.25) is 0 Å². The smallest absolute Gasteiger partial charge is 0.343 e. The minimum Gasteiger partial charge on any atom is -0.422 e. The molecule has 0 fully saturated rings. The van der Waals surface area contributed by atoms with Gasteiger partial charge in [-0.2, -0.15) is 0 Å². The lowest BCUT2D eigenvalue weighted by Crippen LogP contribution is -2.27. The predicted molar refractivity (Wildman–Crippen MR) is 134 cm³/mol. The predicted octanol–water partition coefficient (Wildman–Crippen LogP) is 4.04. The molecule has 0 bridgehead atoms. The van der Waals surface area contributed by atoms with Crippen molar-refractivity contribution in [3.63, 3.8) is 0 Å². The van der Waals surface area contributed by atoms with Gasteiger partial charge in [0.25, 0.3) is 0 Å². The second kappa shape index (κ2) is 8.98. The van der Waals surface area contributed by atoms with Gasteiger partial charge in [-0.1, -0.05) is 6.07 Å². The van der Waals surface area contributed by atoms with Crippen molar-refractivity contribution in [2.75, 3.05) is 0 Å². The number of hydrogen-bond donors (Lipinski definition) is 5. The number of rotatable bonds is 7. The lowest BCUT2D eigenvalue weighted by Gasteiger charge is -2.31. The monoisotopic (exact) mass is 488 g/mol. The molecule has 0 atom stereocenters. The fourth-order valence-electron chi connectivity index (χ4n) is 3.60. The fraction of sp³-hybridized carbons (Fsp3) is 0.536. The average molecular weight is 489 g/mol. The van der Waals surface area contributed by atoms with Crippen LogP contribution in [-0.2, 0) is 28.0 Å². The first-order valence-electron chi connectivity index (χ1n) is 11.6. The van der Waals surface area contributed by atoms with Crippen LogP contribution in [0.4, 0.5) is 0 Å². The van der Waals surface area contributed by atoms with Crippen LogP contribution < -0.4 is 4.74 Å². The molecule has 35 heavy (non-hydrogen) atoms. The Bertz CT molecular complexity index is 1030. The molecule has 7 heteroatoms. The van der Waals surface area contributed by atoms with E-state index < -0.39 is 34.0 Å². The quantitative estimate of drug-likeness (QED) is 0.294. The lowest BCUT2D eigenvalue weighted by atomic mass is 9.84. The molecule has 0 aliphatic heterocycles. The van der Waals surface area contributed by atoms with E-state index in [-0.39, 0.29) is 22.4 Å². The first-order valence-corrected chi connectivity index (χ1v) is 11.6. The molecule has 0 radical (unpaired) electrons. The molecule has 0 unspecified atom stereocenters. The maximum atomic E-state index is 13.4. The van der Waals surface area contributed by atoms with E-state index in [4.69, 9.17) is 4.74 Å². The molecule has 2 aromatic rings. The summed E-state index contributed by atoms with van der Waals surface area (Å²) in [5, 5.41) is 53.6. The number of carbonyl (C=O) groups is 1. The van der Waals surface area contributed by atoms with Gasteiger partial charge >= 0.3 is 5.97 Å². The Morgan fingerprint density at radius 2 is 0.857 bits per heavy atom. The second-order valence-corrected chi connectivity index (χ2v) is 11.9. The highest BCUT2D eigenvalue weighted by atomic mass is 16.5. The molecule has 0 aromatic heterocycles. The average Bonchev–Trinajstić information content (AvgIpc) is 2.63. The molecular weight excluding hydrogens is 448 g/mol. The summed E-state index contributed by atoms with van der Waals surface area (Å²) < 4.78 is 5.81. The van der Waals surface area contributed by atoms with Crippen LogP contribution in [-0.4, -0.2) is 31.5 Å². The maximum absolute atomic E-state index is 13.4. The zero-order chi connectivity index (χ0) is 27.4. The van der Waals surface area contributed by atoms with E-state index in [1.165, 1.54) is 39.8 Å². The van der Waals surface area contributed by atoms with Crippen LogP contribution in [0, 0.1) is 0 Å². The zero-order valence-electron chi connectivity index (χ0n) is 22.4. The summed E-state index contributed by atoms with van der Waals surface area (Å²) in [5.41, 5.74) is -5.08. The fourth-order valence-corrected chi connectivity index (χ4v) is 3.60. The van der Waals surface area contributed by atoms with Gasteiger partial charge in [-0.05, 0) is 110 Å². The normalized spacial score (nSPS) is 13.7. The number of carbonyl (C=O) groups excluding carboxylic acids is 1. The summed E-state index contributed by atoms with van der Waals surface area (Å²) in [6.07, 6.45) is 0. The SMILES string of the molecule is CC(C)(O)c1cc(C(=O)Oc2c(C(C)(C)O)cc(C(C)(C)O)cc2C(C)(C)O)cc(C(C)(C)O)c1. The van der Waals surface area contributed by atoms with E-state index in [1.54, 1.807) is 59.7 Å². The molecular formula is C28H40O7. The number of hydrogen-bond acceptors (Lipinski definition) is 7. The van der Waals surface area contributed by atoms with Crippen molar-refractivity contribution in [3.05, 3.63) is 63.7 Å². The van der Waals surface area contributed by atoms with Gasteiger partial charge in [-0.15, -0.1) is 0 Å². The topological polar surface area (TPSA) is 127 Å². The van der Waals surface area contributed by atoms with Crippen molar-refractivity contribution >= 4 is 5.97 Å². The first-order chi connectivity index (χ1) is 15.4. The molecule has 0 aliphatic rings. The highest BCUT2D eigenvalue weighted by Crippen LogP contribution is 2.42. The summed E-state index contributed by atoms with van der Waals surface area (Å²) in [6.45, 7) is 15.5. The molecule has 0 aliphatic carbocycles. The van der Waals surface area contributed by atoms with E-state index in [0.29, 0.717) is 16.7 Å². The third-order valence-electron chi connectivity index (χ3n) is 5.89. The van der Waals surface area contributed by atoms with Crippen molar-refractivity contribution < 1.29 is 35.1 Å². The third kappa shape index (κ3) is 6.90. The molecule has 7 nitrogen and oxygen atoms in total. The molecule has 194 valence electrons. The number of benzene rings is 2. The Balaban J connectivity index is 2.79. The summed E-state index contributed by atoms with van der Waals surface area (Å²) in [6, 6.07) is 7.69. The van der Waals surface area contributed by atoms with E-state index in [2.05, 4.69) is 0 Å². The molecule has 0 amide bonds. The van der Waals surface area contributed by atoms with Crippen molar-refractivity contribution in [1.29, 1.82) is 0 Å². The van der Waals surface area contributed by atoms with Crippen LogP contribution in [0.3, 0.4) is 0 Å². The third-order valence-corrected chi connectivity index (χ3v) is 5.89. The van der Waals surface area contributed by atoms with Gasteiger partial charge in [0.1, 0.15) is 5.75 Å². The summed E-state index contributed by atoms with van der Waals surface area (Å²) in [5.74, 6) is -0.824. The van der Waals surface area contributed by atoms with Gasteiger partial charge in [0, 0.05) is 11.1 Å². The maximum Gasteiger partial charge on any atom is 0.343 e. The van der Waals surface area contributed by atoms with Gasteiger partial charge in [0.2, 0.25) is 0 Å². The van der Waals surface area contributed by atoms with Gasteiger partial charge < -0.3 is 30.3 Å². The molecule has 0 heterocycles. The molecule has 0 saturated heterocycles. The Kier molecular flexibility index (Phi) is 7.43. The number of aliphatic hydroxyl groups is 5. The minimum atomic E-state index is -1.48. The Labute approximate surface area is 208 Å². The standard InChI is InChI=1S/C28H40O7/c1-24(2,30)17-11-16(12-18(13-17)25(3,4)31)23(29)35-22-20(27(7,8)33)14-19(26(5,6)32)15-21(22)28(9,10)34/h11-15,30-34H,1-10H3. The van der Waals surface area contributed by atoms with Gasteiger partial charge in [0.15, 0.2) is 0 Å². The van der Waals surface area contributed by atoms with Crippen molar-refractivity contribution in [2.24, 2.45) is 0 Å². The summed E-state index contributed by atoms with van der Waals surface area (Å²) in [4.78, 5) is 13.4. The van der Waals surface area contributed by atoms with Crippen LogP contribution in [0.15, 0.2) is 30.3 Å². The van der Waals surface area contributed by atoms with Crippen molar-refractivity contribution in [1.82, 2.24) is 0 Å². The molecule has 0 spiro atoms. The number of esters is 1. The number of ether oxygens (including phenoxy) is 1. The summed E-state index contributed by atoms with van der Waals surface area (Å²) in [7, 11) is 0. The Hall–Kier alpha value is -2.29. The van der Waals surface area contributed by atoms with Gasteiger partial charge in [0.05, 0.1) is 33.6 Å². The highest BCUT2D eigenvalue weighted by molar-refractivity contribution is 5.92. The lowest BCUT2D eigenvalue weighted by molar-refractivity contribution is 0.0551.